The van der Waals surface area contributed by atoms with Gasteiger partial charge in [-0.3, -0.25) is 4.98 Å². The molecule has 0 amide bonds. The van der Waals surface area contributed by atoms with Gasteiger partial charge < -0.3 is 5.32 Å². The van der Waals surface area contributed by atoms with E-state index in [1.165, 1.54) is 41.5 Å². The predicted molar refractivity (Wildman–Crippen MR) is 74.4 cm³/mol. The minimum absolute atomic E-state index is 0.510. The molecule has 1 atom stereocenters. The zero-order valence-corrected chi connectivity index (χ0v) is 10.7. The maximum absolute atomic E-state index is 4.08. The van der Waals surface area contributed by atoms with Crippen molar-refractivity contribution in [1.29, 1.82) is 0 Å². The van der Waals surface area contributed by atoms with Crippen LogP contribution in [-0.2, 0) is 6.42 Å². The van der Waals surface area contributed by atoms with E-state index in [-0.39, 0.29) is 0 Å². The molecule has 18 heavy (non-hydrogen) atoms. The highest BCUT2D eigenvalue weighted by Crippen LogP contribution is 2.32. The van der Waals surface area contributed by atoms with Crippen LogP contribution in [-0.4, -0.2) is 12.0 Å². The highest BCUT2D eigenvalue weighted by atomic mass is 14.9. The van der Waals surface area contributed by atoms with Crippen molar-refractivity contribution < 1.29 is 0 Å². The Kier molecular flexibility index (Phi) is 3.11. The highest BCUT2D eigenvalue weighted by Gasteiger charge is 2.18. The lowest BCUT2D eigenvalue weighted by atomic mass is 9.86. The Morgan fingerprint density at radius 2 is 1.94 bits per heavy atom. The molecule has 0 spiro atoms. The van der Waals surface area contributed by atoms with E-state index in [0.29, 0.717) is 6.04 Å². The van der Waals surface area contributed by atoms with Gasteiger partial charge in [-0.05, 0) is 66.8 Å². The van der Waals surface area contributed by atoms with Crippen molar-refractivity contribution >= 4 is 0 Å². The average molecular weight is 238 g/mol. The summed E-state index contributed by atoms with van der Waals surface area (Å²) in [6.07, 6.45) is 7.44. The van der Waals surface area contributed by atoms with E-state index in [4.69, 9.17) is 0 Å². The molecule has 0 bridgehead atoms. The molecule has 0 radical (unpaired) electrons. The van der Waals surface area contributed by atoms with E-state index in [2.05, 4.69) is 47.7 Å². The second kappa shape index (κ2) is 4.91. The number of nitrogens with zero attached hydrogens (tertiary/aromatic N) is 1. The van der Waals surface area contributed by atoms with E-state index in [1.54, 1.807) is 0 Å². The van der Waals surface area contributed by atoms with Crippen molar-refractivity contribution in [1.82, 2.24) is 10.3 Å². The predicted octanol–water partition coefficient (Wildman–Crippen LogP) is 3.35. The number of aryl methyl sites for hydroxylation is 1. The first-order valence-corrected chi connectivity index (χ1v) is 6.59. The van der Waals surface area contributed by atoms with Gasteiger partial charge in [-0.1, -0.05) is 12.1 Å². The molecule has 3 rings (SSSR count). The number of hydrogen-bond donors (Lipinski definition) is 1. The van der Waals surface area contributed by atoms with Crippen molar-refractivity contribution in [3.05, 3.63) is 53.9 Å². The molecule has 0 saturated carbocycles. The fourth-order valence-corrected chi connectivity index (χ4v) is 2.82. The molecular formula is C16H18N2. The molecule has 2 heteroatoms. The van der Waals surface area contributed by atoms with Crippen molar-refractivity contribution in [2.75, 3.05) is 7.05 Å². The standard InChI is InChI=1S/C16H18N2/c1-17-16-4-2-3-13-5-6-14(11-15(13)16)12-7-9-18-10-8-12/h5-11,16-17H,2-4H2,1H3. The summed E-state index contributed by atoms with van der Waals surface area (Å²) in [5.74, 6) is 0. The van der Waals surface area contributed by atoms with Gasteiger partial charge in [0.2, 0.25) is 0 Å². The number of aromatic nitrogens is 1. The van der Waals surface area contributed by atoms with E-state index in [9.17, 15) is 0 Å². The molecule has 0 saturated heterocycles. The highest BCUT2D eigenvalue weighted by molar-refractivity contribution is 5.64. The van der Waals surface area contributed by atoms with E-state index in [1.807, 2.05) is 12.4 Å². The van der Waals surface area contributed by atoms with Crippen LogP contribution in [0.5, 0.6) is 0 Å². The molecule has 1 N–H and O–H groups in total. The van der Waals surface area contributed by atoms with Crippen LogP contribution >= 0.6 is 0 Å². The number of rotatable bonds is 2. The Hall–Kier alpha value is -1.67. The van der Waals surface area contributed by atoms with Crippen LogP contribution in [0.25, 0.3) is 11.1 Å². The number of benzene rings is 1. The van der Waals surface area contributed by atoms with Crippen molar-refractivity contribution in [2.24, 2.45) is 0 Å². The Labute approximate surface area is 108 Å². The van der Waals surface area contributed by atoms with Crippen molar-refractivity contribution in [3.63, 3.8) is 0 Å². The lowest BCUT2D eigenvalue weighted by Crippen LogP contribution is -2.21. The summed E-state index contributed by atoms with van der Waals surface area (Å²) in [4.78, 5) is 4.08. The topological polar surface area (TPSA) is 24.9 Å². The second-order valence-corrected chi connectivity index (χ2v) is 4.88. The number of nitrogens with one attached hydrogen (secondary N) is 1. The third kappa shape index (κ3) is 2.04. The van der Waals surface area contributed by atoms with E-state index >= 15 is 0 Å². The van der Waals surface area contributed by atoms with E-state index in [0.717, 1.165) is 0 Å². The smallest absolute Gasteiger partial charge is 0.0320 e. The SMILES string of the molecule is CNC1CCCc2ccc(-c3ccncc3)cc21. The molecule has 1 heterocycles. The fraction of sp³-hybridized carbons (Fsp3) is 0.312. The van der Waals surface area contributed by atoms with Gasteiger partial charge in [-0.15, -0.1) is 0 Å². The van der Waals surface area contributed by atoms with Gasteiger partial charge >= 0.3 is 0 Å². The molecule has 1 aliphatic rings. The summed E-state index contributed by atoms with van der Waals surface area (Å²) in [6, 6.07) is 11.5. The summed E-state index contributed by atoms with van der Waals surface area (Å²) in [6.45, 7) is 0. The van der Waals surface area contributed by atoms with Gasteiger partial charge in [-0.2, -0.15) is 0 Å². The number of hydrogen-bond acceptors (Lipinski definition) is 2. The maximum atomic E-state index is 4.08. The minimum Gasteiger partial charge on any atom is -0.313 e. The zero-order valence-electron chi connectivity index (χ0n) is 10.7. The molecule has 0 fully saturated rings. The zero-order chi connectivity index (χ0) is 12.4. The first kappa shape index (κ1) is 11.4. The Morgan fingerprint density at radius 3 is 2.72 bits per heavy atom. The quantitative estimate of drug-likeness (QED) is 0.868. The Bertz CT molecular complexity index is 534. The molecule has 2 aromatic rings. The molecule has 0 aliphatic heterocycles. The molecule has 1 aromatic heterocycles. The Balaban J connectivity index is 2.04. The lowest BCUT2D eigenvalue weighted by Gasteiger charge is -2.25. The summed E-state index contributed by atoms with van der Waals surface area (Å²) in [7, 11) is 2.05. The average Bonchev–Trinajstić information content (AvgIpc) is 2.47. The van der Waals surface area contributed by atoms with Crippen molar-refractivity contribution in [3.8, 4) is 11.1 Å². The van der Waals surface area contributed by atoms with Crippen molar-refractivity contribution in [2.45, 2.75) is 25.3 Å². The van der Waals surface area contributed by atoms with E-state index < -0.39 is 0 Å². The van der Waals surface area contributed by atoms with Gasteiger partial charge in [0.25, 0.3) is 0 Å². The molecule has 1 unspecified atom stereocenters. The number of fused-ring (bicyclic) bond motifs is 1. The molecule has 1 aromatic carbocycles. The molecule has 2 nitrogen and oxygen atoms in total. The summed E-state index contributed by atoms with van der Waals surface area (Å²) in [5.41, 5.74) is 5.50. The third-order valence-electron chi connectivity index (χ3n) is 3.82. The number of pyridine rings is 1. The van der Waals surface area contributed by atoms with Gasteiger partial charge in [0.05, 0.1) is 0 Å². The molecule has 92 valence electrons. The fourth-order valence-electron chi connectivity index (χ4n) is 2.82. The minimum atomic E-state index is 0.510. The molecule has 1 aliphatic carbocycles. The largest absolute Gasteiger partial charge is 0.313 e. The van der Waals surface area contributed by atoms with Crippen LogP contribution in [0.2, 0.25) is 0 Å². The first-order valence-electron chi connectivity index (χ1n) is 6.59. The molecular weight excluding hydrogens is 220 g/mol. The second-order valence-electron chi connectivity index (χ2n) is 4.88. The summed E-state index contributed by atoms with van der Waals surface area (Å²) < 4.78 is 0. The van der Waals surface area contributed by atoms with Gasteiger partial charge in [0.1, 0.15) is 0 Å². The van der Waals surface area contributed by atoms with Crippen LogP contribution < -0.4 is 5.32 Å². The van der Waals surface area contributed by atoms with Crippen LogP contribution in [0, 0.1) is 0 Å². The normalized spacial score (nSPS) is 18.4. The summed E-state index contributed by atoms with van der Waals surface area (Å²) in [5, 5.41) is 3.43. The third-order valence-corrected chi connectivity index (χ3v) is 3.82. The van der Waals surface area contributed by atoms with Gasteiger partial charge in [0.15, 0.2) is 0 Å². The van der Waals surface area contributed by atoms with Crippen LogP contribution in [0.4, 0.5) is 0 Å². The lowest BCUT2D eigenvalue weighted by molar-refractivity contribution is 0.497. The van der Waals surface area contributed by atoms with Crippen LogP contribution in [0.15, 0.2) is 42.7 Å². The van der Waals surface area contributed by atoms with Crippen LogP contribution in [0.3, 0.4) is 0 Å². The first-order chi connectivity index (χ1) is 8.88. The maximum Gasteiger partial charge on any atom is 0.0320 e. The van der Waals surface area contributed by atoms with Crippen LogP contribution in [0.1, 0.15) is 30.0 Å². The Morgan fingerprint density at radius 1 is 1.11 bits per heavy atom. The van der Waals surface area contributed by atoms with Gasteiger partial charge in [0, 0.05) is 18.4 Å². The monoisotopic (exact) mass is 238 g/mol. The van der Waals surface area contributed by atoms with Gasteiger partial charge in [-0.25, -0.2) is 0 Å². The summed E-state index contributed by atoms with van der Waals surface area (Å²) >= 11 is 0.